The Bertz CT molecular complexity index is 250. The molecule has 1 aliphatic rings. The SMILES string of the molecule is C=C(CN(C)C1CCC(C)CC1)[B-](F)(F)F.[K+]. The van der Waals surface area contributed by atoms with Gasteiger partial charge in [0.15, 0.2) is 0 Å². The number of rotatable bonds is 4. The van der Waals surface area contributed by atoms with E-state index >= 15 is 0 Å². The Balaban J connectivity index is 0.00000256. The molecular weight excluding hydrogens is 253 g/mol. The predicted octanol–water partition coefficient (Wildman–Crippen LogP) is 0.444. The Labute approximate surface area is 145 Å². The summed E-state index contributed by atoms with van der Waals surface area (Å²) in [5.74, 6) is 0.722. The van der Waals surface area contributed by atoms with Crippen LogP contribution >= 0.6 is 0 Å². The third kappa shape index (κ3) is 6.25. The van der Waals surface area contributed by atoms with Crippen molar-refractivity contribution < 1.29 is 64.3 Å². The first-order chi connectivity index (χ1) is 7.30. The molecular formula is C11H20BF3KN. The van der Waals surface area contributed by atoms with Gasteiger partial charge in [0.2, 0.25) is 0 Å². The van der Waals surface area contributed by atoms with Crippen molar-refractivity contribution in [2.45, 2.75) is 38.6 Å². The molecule has 0 unspecified atom stereocenters. The maximum atomic E-state index is 12.4. The molecule has 1 fully saturated rings. The molecule has 0 aromatic heterocycles. The van der Waals surface area contributed by atoms with Crippen LogP contribution in [-0.4, -0.2) is 31.5 Å². The Morgan fingerprint density at radius 2 is 1.71 bits per heavy atom. The molecule has 94 valence electrons. The van der Waals surface area contributed by atoms with Crippen molar-refractivity contribution in [1.29, 1.82) is 0 Å². The summed E-state index contributed by atoms with van der Waals surface area (Å²) in [5.41, 5.74) is -0.582. The normalized spacial score (nSPS) is 25.5. The maximum absolute atomic E-state index is 12.4. The average Bonchev–Trinajstić information content (AvgIpc) is 2.17. The van der Waals surface area contributed by atoms with Gasteiger partial charge < -0.3 is 17.8 Å². The molecule has 17 heavy (non-hydrogen) atoms. The summed E-state index contributed by atoms with van der Waals surface area (Å²) < 4.78 is 37.1. The van der Waals surface area contributed by atoms with E-state index in [0.29, 0.717) is 6.04 Å². The van der Waals surface area contributed by atoms with E-state index in [-0.39, 0.29) is 57.9 Å². The van der Waals surface area contributed by atoms with Gasteiger partial charge in [0.05, 0.1) is 0 Å². The fraction of sp³-hybridized carbons (Fsp3) is 0.818. The number of hydrogen-bond acceptors (Lipinski definition) is 1. The van der Waals surface area contributed by atoms with Crippen LogP contribution in [0.5, 0.6) is 0 Å². The summed E-state index contributed by atoms with van der Waals surface area (Å²) in [6.07, 6.45) is 4.27. The summed E-state index contributed by atoms with van der Waals surface area (Å²) in [4.78, 5) is 1.81. The molecule has 1 nitrogen and oxygen atoms in total. The zero-order chi connectivity index (χ0) is 12.3. The van der Waals surface area contributed by atoms with E-state index in [4.69, 9.17) is 0 Å². The van der Waals surface area contributed by atoms with E-state index in [1.807, 2.05) is 4.90 Å². The van der Waals surface area contributed by atoms with Gasteiger partial charge in [-0.2, -0.15) is 0 Å². The number of nitrogens with zero attached hydrogens (tertiary/aromatic N) is 1. The smallest absolute Gasteiger partial charge is 0.445 e. The zero-order valence-electron chi connectivity index (χ0n) is 11.1. The maximum Gasteiger partial charge on any atom is 1.00 e. The molecule has 0 aromatic rings. The summed E-state index contributed by atoms with van der Waals surface area (Å²) >= 11 is 0. The fourth-order valence-corrected chi connectivity index (χ4v) is 2.24. The molecule has 1 saturated carbocycles. The Kier molecular flexibility index (Phi) is 8.24. The third-order valence-corrected chi connectivity index (χ3v) is 3.52. The van der Waals surface area contributed by atoms with Gasteiger partial charge in [-0.3, -0.25) is 0 Å². The van der Waals surface area contributed by atoms with E-state index in [0.717, 1.165) is 31.6 Å². The molecule has 0 amide bonds. The first-order valence-electron chi connectivity index (χ1n) is 5.88. The van der Waals surface area contributed by atoms with Crippen molar-refractivity contribution in [3.05, 3.63) is 12.1 Å². The van der Waals surface area contributed by atoms with Crippen molar-refractivity contribution in [1.82, 2.24) is 4.90 Å². The molecule has 1 rings (SSSR count). The summed E-state index contributed by atoms with van der Waals surface area (Å²) in [7, 11) is 1.77. The van der Waals surface area contributed by atoms with Crippen molar-refractivity contribution in [3.63, 3.8) is 0 Å². The van der Waals surface area contributed by atoms with Gasteiger partial charge in [-0.15, -0.1) is 12.1 Å². The van der Waals surface area contributed by atoms with E-state index in [9.17, 15) is 12.9 Å². The first kappa shape index (κ1) is 18.2. The molecule has 0 radical (unpaired) electrons. The van der Waals surface area contributed by atoms with Crippen LogP contribution < -0.4 is 51.4 Å². The number of hydrogen-bond donors (Lipinski definition) is 0. The molecule has 0 aromatic carbocycles. The van der Waals surface area contributed by atoms with Gasteiger partial charge >= 0.3 is 58.4 Å². The van der Waals surface area contributed by atoms with Crippen LogP contribution in [0.2, 0.25) is 0 Å². The molecule has 0 bridgehead atoms. The van der Waals surface area contributed by atoms with E-state index in [1.54, 1.807) is 7.05 Å². The number of halogens is 3. The zero-order valence-corrected chi connectivity index (χ0v) is 14.2. The second-order valence-corrected chi connectivity index (χ2v) is 5.06. The summed E-state index contributed by atoms with van der Waals surface area (Å²) in [5, 5.41) is 0. The fourth-order valence-electron chi connectivity index (χ4n) is 2.24. The average molecular weight is 273 g/mol. The van der Waals surface area contributed by atoms with E-state index in [2.05, 4.69) is 13.5 Å². The van der Waals surface area contributed by atoms with Crippen molar-refractivity contribution >= 4 is 6.98 Å². The standard InChI is InChI=1S/C11H20BF3N.K/c1-9-4-6-11(7-5-9)16(3)8-10(2)12(13,14)15;/h9,11H,2,4-8H2,1,3H3;/q-1;+1. The second kappa shape index (κ2) is 7.70. The van der Waals surface area contributed by atoms with Crippen LogP contribution in [0.3, 0.4) is 0 Å². The van der Waals surface area contributed by atoms with Crippen LogP contribution in [0.1, 0.15) is 32.6 Å². The van der Waals surface area contributed by atoms with Gasteiger partial charge in [-0.05, 0) is 45.2 Å². The van der Waals surface area contributed by atoms with Crippen LogP contribution in [0.4, 0.5) is 12.9 Å². The molecule has 6 heteroatoms. The summed E-state index contributed by atoms with van der Waals surface area (Å²) in [6.45, 7) is 0.424. The second-order valence-electron chi connectivity index (χ2n) is 5.06. The minimum absolute atomic E-state index is 0. The van der Waals surface area contributed by atoms with E-state index in [1.165, 1.54) is 0 Å². The Morgan fingerprint density at radius 3 is 2.12 bits per heavy atom. The molecule has 0 N–H and O–H groups in total. The van der Waals surface area contributed by atoms with Gasteiger partial charge in [-0.1, -0.05) is 6.92 Å². The molecule has 0 heterocycles. The van der Waals surface area contributed by atoms with Gasteiger partial charge in [0.1, 0.15) is 0 Å². The minimum atomic E-state index is -4.88. The predicted molar refractivity (Wildman–Crippen MR) is 62.3 cm³/mol. The van der Waals surface area contributed by atoms with E-state index < -0.39 is 12.4 Å². The van der Waals surface area contributed by atoms with Crippen LogP contribution in [0.25, 0.3) is 0 Å². The van der Waals surface area contributed by atoms with Gasteiger partial charge in [0.25, 0.3) is 0 Å². The molecule has 0 spiro atoms. The largest absolute Gasteiger partial charge is 1.00 e. The first-order valence-corrected chi connectivity index (χ1v) is 5.88. The molecule has 1 aliphatic carbocycles. The summed E-state index contributed by atoms with van der Waals surface area (Å²) in [6, 6.07) is 0.297. The van der Waals surface area contributed by atoms with Crippen molar-refractivity contribution in [2.75, 3.05) is 13.6 Å². The molecule has 0 aliphatic heterocycles. The number of likely N-dealkylation sites (N-methyl/N-ethyl adjacent to an activating group) is 1. The Hall–Kier alpha value is 1.19. The van der Waals surface area contributed by atoms with Crippen molar-refractivity contribution in [2.24, 2.45) is 5.92 Å². The molecule has 0 saturated heterocycles. The van der Waals surface area contributed by atoms with Gasteiger partial charge in [-0.25, -0.2) is 0 Å². The van der Waals surface area contributed by atoms with Crippen molar-refractivity contribution in [3.8, 4) is 0 Å². The monoisotopic (exact) mass is 273 g/mol. The topological polar surface area (TPSA) is 3.24 Å². The quantitative estimate of drug-likeness (QED) is 0.672. The Morgan fingerprint density at radius 1 is 1.24 bits per heavy atom. The third-order valence-electron chi connectivity index (χ3n) is 3.52. The van der Waals surface area contributed by atoms with Crippen LogP contribution in [-0.2, 0) is 0 Å². The minimum Gasteiger partial charge on any atom is -0.445 e. The molecule has 0 atom stereocenters. The van der Waals surface area contributed by atoms with Gasteiger partial charge in [0, 0.05) is 6.04 Å². The van der Waals surface area contributed by atoms with Crippen LogP contribution in [0, 0.1) is 5.92 Å². The van der Waals surface area contributed by atoms with Crippen LogP contribution in [0.15, 0.2) is 12.1 Å².